The number of aromatic nitrogens is 4. The second kappa shape index (κ2) is 10.1. The molecule has 0 saturated carbocycles. The fourth-order valence-electron chi connectivity index (χ4n) is 7.22. The smallest absolute Gasteiger partial charge is 0.164 e. The maximum atomic E-state index is 4.97. The van der Waals surface area contributed by atoms with Crippen LogP contribution in [0.15, 0.2) is 158 Å². The highest BCUT2D eigenvalue weighted by Gasteiger charge is 2.18. The summed E-state index contributed by atoms with van der Waals surface area (Å²) in [6.07, 6.45) is 0. The van der Waals surface area contributed by atoms with Gasteiger partial charge in [0, 0.05) is 38.2 Å². The Kier molecular flexibility index (Phi) is 5.54. The van der Waals surface area contributed by atoms with Gasteiger partial charge in [-0.15, -0.1) is 0 Å². The van der Waals surface area contributed by atoms with Gasteiger partial charge in [-0.05, 0) is 40.1 Å². The van der Waals surface area contributed by atoms with Gasteiger partial charge in [-0.1, -0.05) is 140 Å². The molecule has 0 aliphatic carbocycles. The van der Waals surface area contributed by atoms with Gasteiger partial charge in [0.15, 0.2) is 17.5 Å². The topological polar surface area (TPSA) is 43.1 Å². The van der Waals surface area contributed by atoms with Gasteiger partial charge in [0.1, 0.15) is 0 Å². The molecule has 10 rings (SSSR count). The summed E-state index contributed by atoms with van der Waals surface area (Å²) < 4.78 is 2.47. The van der Waals surface area contributed by atoms with Gasteiger partial charge in [0.2, 0.25) is 0 Å². The Morgan fingerprint density at radius 3 is 1.60 bits per heavy atom. The molecule has 4 heteroatoms. The van der Waals surface area contributed by atoms with Gasteiger partial charge in [-0.3, -0.25) is 0 Å². The van der Waals surface area contributed by atoms with Crippen LogP contribution < -0.4 is 0 Å². The van der Waals surface area contributed by atoms with Crippen LogP contribution in [0.25, 0.3) is 94.2 Å². The van der Waals surface area contributed by atoms with E-state index in [2.05, 4.69) is 101 Å². The number of para-hydroxylation sites is 1. The molecule has 0 amide bonds. The summed E-state index contributed by atoms with van der Waals surface area (Å²) in [5, 5.41) is 7.67. The minimum Gasteiger partial charge on any atom is -0.308 e. The molecule has 3 aromatic heterocycles. The highest BCUT2D eigenvalue weighted by molar-refractivity contribution is 6.27. The highest BCUT2D eigenvalue weighted by atomic mass is 15.0. The Labute approximate surface area is 270 Å². The van der Waals surface area contributed by atoms with Crippen LogP contribution in [0, 0.1) is 0 Å². The first kappa shape index (κ1) is 25.9. The van der Waals surface area contributed by atoms with Crippen molar-refractivity contribution in [3.8, 4) is 45.3 Å². The quantitative estimate of drug-likeness (QED) is 0.149. The van der Waals surface area contributed by atoms with Crippen molar-refractivity contribution < 1.29 is 0 Å². The van der Waals surface area contributed by atoms with Gasteiger partial charge in [0.25, 0.3) is 0 Å². The second-order valence-electron chi connectivity index (χ2n) is 12.1. The molecule has 7 aromatic carbocycles. The van der Waals surface area contributed by atoms with Crippen LogP contribution in [0.3, 0.4) is 0 Å². The zero-order valence-corrected chi connectivity index (χ0v) is 25.3. The van der Waals surface area contributed by atoms with E-state index in [1.165, 1.54) is 48.9 Å². The molecule has 3 heterocycles. The Morgan fingerprint density at radius 2 is 0.872 bits per heavy atom. The van der Waals surface area contributed by atoms with Gasteiger partial charge in [0.05, 0.1) is 16.6 Å². The molecule has 0 atom stereocenters. The maximum Gasteiger partial charge on any atom is 0.164 e. The number of hydrogen-bond acceptors (Lipinski definition) is 3. The molecule has 0 aliphatic rings. The van der Waals surface area contributed by atoms with Crippen molar-refractivity contribution in [1.29, 1.82) is 0 Å². The Balaban J connectivity index is 1.18. The maximum absolute atomic E-state index is 4.97. The molecule has 0 aliphatic heterocycles. The standard InChI is InChI=1S/C43H26N4/c1-3-11-28(12-4-1)41-44-42(29-13-5-2-6-14-29)46-43(45-41)32-18-7-17-30(25-32)31-23-24-33-35-20-10-21-36-34-19-8-15-27-16-9-22-37(39(27)34)47(40(35)36)38(33)26-31/h1-26H. The van der Waals surface area contributed by atoms with Crippen molar-refractivity contribution in [2.45, 2.75) is 0 Å². The normalized spacial score (nSPS) is 11.8. The number of hydrogen-bond donors (Lipinski definition) is 0. The third kappa shape index (κ3) is 3.98. The lowest BCUT2D eigenvalue weighted by Gasteiger charge is -2.13. The summed E-state index contributed by atoms with van der Waals surface area (Å²) in [6.45, 7) is 0. The molecule has 218 valence electrons. The van der Waals surface area contributed by atoms with Crippen molar-refractivity contribution in [2.75, 3.05) is 0 Å². The molecular formula is C43H26N4. The minimum absolute atomic E-state index is 0.650. The summed E-state index contributed by atoms with van der Waals surface area (Å²) in [7, 11) is 0. The van der Waals surface area contributed by atoms with E-state index >= 15 is 0 Å². The van der Waals surface area contributed by atoms with E-state index in [-0.39, 0.29) is 0 Å². The summed E-state index contributed by atoms with van der Waals surface area (Å²) in [4.78, 5) is 14.8. The summed E-state index contributed by atoms with van der Waals surface area (Å²) >= 11 is 0. The summed E-state index contributed by atoms with van der Waals surface area (Å²) in [5.74, 6) is 1.97. The molecule has 47 heavy (non-hydrogen) atoms. The zero-order valence-electron chi connectivity index (χ0n) is 25.3. The first-order valence-electron chi connectivity index (χ1n) is 15.9. The molecule has 0 fully saturated rings. The number of benzene rings is 7. The van der Waals surface area contributed by atoms with Crippen molar-refractivity contribution in [3.63, 3.8) is 0 Å². The van der Waals surface area contributed by atoms with E-state index in [1.807, 2.05) is 60.7 Å². The third-order valence-electron chi connectivity index (χ3n) is 9.36. The van der Waals surface area contributed by atoms with Gasteiger partial charge >= 0.3 is 0 Å². The second-order valence-corrected chi connectivity index (χ2v) is 12.1. The zero-order chi connectivity index (χ0) is 30.9. The van der Waals surface area contributed by atoms with Crippen LogP contribution in [0.5, 0.6) is 0 Å². The fourth-order valence-corrected chi connectivity index (χ4v) is 7.22. The van der Waals surface area contributed by atoms with Crippen molar-refractivity contribution in [3.05, 3.63) is 158 Å². The Morgan fingerprint density at radius 1 is 0.340 bits per heavy atom. The van der Waals surface area contributed by atoms with Gasteiger partial charge in [-0.25, -0.2) is 15.0 Å². The van der Waals surface area contributed by atoms with E-state index in [0.29, 0.717) is 17.5 Å². The molecule has 0 bridgehead atoms. The first-order valence-corrected chi connectivity index (χ1v) is 15.9. The lowest BCUT2D eigenvalue weighted by molar-refractivity contribution is 1.07. The average molecular weight is 599 g/mol. The minimum atomic E-state index is 0.650. The van der Waals surface area contributed by atoms with Crippen LogP contribution >= 0.6 is 0 Å². The van der Waals surface area contributed by atoms with Crippen LogP contribution in [0.4, 0.5) is 0 Å². The lowest BCUT2D eigenvalue weighted by Crippen LogP contribution is -2.00. The van der Waals surface area contributed by atoms with E-state index in [0.717, 1.165) is 27.8 Å². The van der Waals surface area contributed by atoms with Crippen molar-refractivity contribution in [1.82, 2.24) is 19.4 Å². The number of fused-ring (bicyclic) bond motifs is 5. The molecule has 4 nitrogen and oxygen atoms in total. The van der Waals surface area contributed by atoms with E-state index in [1.54, 1.807) is 0 Å². The molecule has 0 unspecified atom stereocenters. The van der Waals surface area contributed by atoms with Crippen molar-refractivity contribution in [2.24, 2.45) is 0 Å². The fraction of sp³-hybridized carbons (Fsp3) is 0. The SMILES string of the molecule is c1ccc(-c2nc(-c3ccccc3)nc(-c3cccc(-c4ccc5c6cccc7c8cccc9cccc(c98)n(c5c4)c76)c3)n2)cc1. The number of rotatable bonds is 4. The van der Waals surface area contributed by atoms with Crippen LogP contribution in [0.2, 0.25) is 0 Å². The number of pyridine rings is 1. The number of nitrogens with zero attached hydrogens (tertiary/aromatic N) is 4. The first-order chi connectivity index (χ1) is 23.3. The van der Waals surface area contributed by atoms with Crippen LogP contribution in [0.1, 0.15) is 0 Å². The van der Waals surface area contributed by atoms with Crippen LogP contribution in [-0.2, 0) is 0 Å². The average Bonchev–Trinajstić information content (AvgIpc) is 3.49. The lowest BCUT2D eigenvalue weighted by atomic mass is 9.99. The molecule has 10 aromatic rings. The predicted octanol–water partition coefficient (Wildman–Crippen LogP) is 10.8. The Hall–Kier alpha value is -6.39. The van der Waals surface area contributed by atoms with E-state index in [9.17, 15) is 0 Å². The molecular weight excluding hydrogens is 573 g/mol. The monoisotopic (exact) mass is 598 g/mol. The van der Waals surface area contributed by atoms with Crippen molar-refractivity contribution >= 4 is 48.9 Å². The summed E-state index contributed by atoms with van der Waals surface area (Å²) in [6, 6.07) is 55.6. The van der Waals surface area contributed by atoms with Gasteiger partial charge < -0.3 is 4.40 Å². The van der Waals surface area contributed by atoms with Gasteiger partial charge in [-0.2, -0.15) is 0 Å². The van der Waals surface area contributed by atoms with E-state index < -0.39 is 0 Å². The summed E-state index contributed by atoms with van der Waals surface area (Å²) in [5.41, 5.74) is 8.82. The highest BCUT2D eigenvalue weighted by Crippen LogP contribution is 2.41. The Bertz CT molecular complexity index is 2720. The third-order valence-corrected chi connectivity index (χ3v) is 9.36. The predicted molar refractivity (Wildman–Crippen MR) is 194 cm³/mol. The molecule has 0 radical (unpaired) electrons. The largest absolute Gasteiger partial charge is 0.308 e. The van der Waals surface area contributed by atoms with E-state index in [4.69, 9.17) is 15.0 Å². The molecule has 0 saturated heterocycles. The molecule has 0 N–H and O–H groups in total. The van der Waals surface area contributed by atoms with Crippen LogP contribution in [-0.4, -0.2) is 19.4 Å². The molecule has 0 spiro atoms.